The molecule has 0 fully saturated rings. The second-order valence-electron chi connectivity index (χ2n) is 10.5. The van der Waals surface area contributed by atoms with Crippen molar-refractivity contribution in [1.82, 2.24) is 19.5 Å². The van der Waals surface area contributed by atoms with Crippen LogP contribution in [-0.4, -0.2) is 45.5 Å². The fourth-order valence-electron chi connectivity index (χ4n) is 4.08. The molecule has 1 atom stereocenters. The first-order valence-corrected chi connectivity index (χ1v) is 15.5. The number of hydrogen-bond donors (Lipinski definition) is 1. The third kappa shape index (κ3) is 5.96. The Morgan fingerprint density at radius 1 is 1.16 bits per heavy atom. The molecule has 1 N–H and O–H groups in total. The van der Waals surface area contributed by atoms with E-state index in [1.165, 1.54) is 6.20 Å². The number of fused-ring (bicyclic) bond motifs is 1. The van der Waals surface area contributed by atoms with E-state index in [2.05, 4.69) is 20.4 Å². The van der Waals surface area contributed by atoms with E-state index in [0.29, 0.717) is 22.6 Å². The fourth-order valence-corrected chi connectivity index (χ4v) is 5.65. The van der Waals surface area contributed by atoms with Gasteiger partial charge in [0.15, 0.2) is 8.32 Å². The van der Waals surface area contributed by atoms with Crippen LogP contribution in [0.1, 0.15) is 40.9 Å². The summed E-state index contributed by atoms with van der Waals surface area (Å²) in [6.07, 6.45) is -1.70. The highest BCUT2D eigenvalue weighted by Gasteiger charge is 2.53. The van der Waals surface area contributed by atoms with Crippen LogP contribution in [0.15, 0.2) is 47.2 Å². The first-order valence-electron chi connectivity index (χ1n) is 12.1. The number of carbonyl (C=O) groups excluding carboxylic acids is 1. The lowest BCUT2D eigenvalue weighted by atomic mass is 10.00. The van der Waals surface area contributed by atoms with Crippen molar-refractivity contribution < 1.29 is 26.9 Å². The zero-order valence-electron chi connectivity index (χ0n) is 22.1. The first kappa shape index (κ1) is 27.5. The average molecular weight is 546 g/mol. The minimum atomic E-state index is -4.54. The monoisotopic (exact) mass is 545 g/mol. The van der Waals surface area contributed by atoms with Crippen molar-refractivity contribution in [3.63, 3.8) is 0 Å². The number of nitrogens with one attached hydrogen (secondary N) is 1. The second-order valence-corrected chi connectivity index (χ2v) is 14.9. The van der Waals surface area contributed by atoms with Crippen molar-refractivity contribution in [1.29, 1.82) is 0 Å². The van der Waals surface area contributed by atoms with Crippen molar-refractivity contribution in [2.24, 2.45) is 0 Å². The number of nitrogens with zero attached hydrogens (tertiary/aromatic N) is 4. The molecule has 4 rings (SSSR count). The van der Waals surface area contributed by atoms with Gasteiger partial charge in [0, 0.05) is 23.9 Å². The van der Waals surface area contributed by atoms with Crippen LogP contribution < -0.4 is 5.32 Å². The molecular formula is C26H30F3N5O3Si. The molecule has 8 nitrogen and oxygen atoms in total. The van der Waals surface area contributed by atoms with Gasteiger partial charge in [0.05, 0.1) is 6.20 Å². The lowest BCUT2D eigenvalue weighted by molar-refractivity contribution is -0.247. The van der Waals surface area contributed by atoms with Gasteiger partial charge >= 0.3 is 6.18 Å². The van der Waals surface area contributed by atoms with E-state index in [4.69, 9.17) is 8.95 Å². The van der Waals surface area contributed by atoms with Crippen LogP contribution in [0.2, 0.25) is 19.6 Å². The number of pyridine rings is 1. The second kappa shape index (κ2) is 9.99. The number of benzene rings is 1. The smallest absolute Gasteiger partial charge is 0.404 e. The largest absolute Gasteiger partial charge is 0.416 e. The zero-order chi connectivity index (χ0) is 27.9. The summed E-state index contributed by atoms with van der Waals surface area (Å²) in [4.78, 5) is 21.6. The normalized spacial score (nSPS) is 14.0. The molecule has 4 aromatic rings. The van der Waals surface area contributed by atoms with Gasteiger partial charge in [-0.3, -0.25) is 9.20 Å². The van der Waals surface area contributed by atoms with Gasteiger partial charge in [0.2, 0.25) is 11.7 Å². The van der Waals surface area contributed by atoms with Crippen LogP contribution in [0.4, 0.5) is 18.9 Å². The number of aromatic nitrogens is 4. The van der Waals surface area contributed by atoms with Crippen LogP contribution in [0, 0.1) is 13.8 Å². The molecule has 1 unspecified atom stereocenters. The van der Waals surface area contributed by atoms with E-state index in [0.717, 1.165) is 18.1 Å². The third-order valence-electron chi connectivity index (χ3n) is 6.06. The minimum absolute atomic E-state index is 0.0711. The van der Waals surface area contributed by atoms with Crippen LogP contribution in [0.25, 0.3) is 17.0 Å². The summed E-state index contributed by atoms with van der Waals surface area (Å²) >= 11 is 0. The van der Waals surface area contributed by atoms with E-state index < -0.39 is 20.1 Å². The number of anilines is 1. The van der Waals surface area contributed by atoms with Crippen LogP contribution in [0.5, 0.6) is 0 Å². The number of imidazole rings is 1. The van der Waals surface area contributed by atoms with Crippen molar-refractivity contribution in [2.45, 2.75) is 65.0 Å². The maximum atomic E-state index is 13.8. The summed E-state index contributed by atoms with van der Waals surface area (Å²) in [5.74, 6) is -0.0633. The molecule has 38 heavy (non-hydrogen) atoms. The van der Waals surface area contributed by atoms with Crippen LogP contribution in [-0.2, 0) is 10.8 Å². The van der Waals surface area contributed by atoms with Gasteiger partial charge in [-0.15, -0.1) is 0 Å². The number of amides is 1. The predicted octanol–water partition coefficient (Wildman–Crippen LogP) is 6.36. The molecule has 0 saturated heterocycles. The third-order valence-corrected chi connectivity index (χ3v) is 7.12. The average Bonchev–Trinajstić information content (AvgIpc) is 3.44. The van der Waals surface area contributed by atoms with E-state index in [1.54, 1.807) is 48.4 Å². The lowest BCUT2D eigenvalue weighted by Gasteiger charge is -2.37. The molecule has 12 heteroatoms. The number of alkyl halides is 3. The number of rotatable bonds is 8. The summed E-state index contributed by atoms with van der Waals surface area (Å²) in [5.41, 5.74) is 1.64. The molecule has 0 saturated carbocycles. The standard InChI is InChI=1S/C26H30F3N5O3Si/c1-16-10-12-34-20(15-30-21(34)13-16)24(35)31-19-14-18(8-7-17(19)2)23-32-22(36-33-23)9-11-25(3,26(27,28)29)37-38(4,5)6/h7-8,10,12-15H,9,11H2,1-6H3,(H,31,35). The Hall–Kier alpha value is -3.51. The van der Waals surface area contributed by atoms with E-state index in [9.17, 15) is 18.0 Å². The highest BCUT2D eigenvalue weighted by molar-refractivity contribution is 6.69. The molecule has 202 valence electrons. The topological polar surface area (TPSA) is 94.5 Å². The van der Waals surface area contributed by atoms with Gasteiger partial charge in [-0.25, -0.2) is 4.98 Å². The Labute approximate surface area is 219 Å². The Balaban J connectivity index is 1.51. The van der Waals surface area contributed by atoms with E-state index >= 15 is 0 Å². The Morgan fingerprint density at radius 2 is 1.89 bits per heavy atom. The van der Waals surface area contributed by atoms with Crippen molar-refractivity contribution in [2.75, 3.05) is 5.32 Å². The summed E-state index contributed by atoms with van der Waals surface area (Å²) < 4.78 is 53.8. The molecule has 0 aliphatic heterocycles. The van der Waals surface area contributed by atoms with Gasteiger partial charge in [0.25, 0.3) is 5.91 Å². The van der Waals surface area contributed by atoms with Gasteiger partial charge in [-0.05, 0) is 76.2 Å². The van der Waals surface area contributed by atoms with Crippen LogP contribution in [0.3, 0.4) is 0 Å². The molecule has 3 aromatic heterocycles. The highest BCUT2D eigenvalue weighted by atomic mass is 28.4. The van der Waals surface area contributed by atoms with Crippen LogP contribution >= 0.6 is 0 Å². The van der Waals surface area contributed by atoms with E-state index in [1.807, 2.05) is 26.0 Å². The Bertz CT molecular complexity index is 1480. The van der Waals surface area contributed by atoms with Gasteiger partial charge in [0.1, 0.15) is 16.9 Å². The number of halogens is 3. The molecule has 0 aliphatic carbocycles. The lowest BCUT2D eigenvalue weighted by Crippen LogP contribution is -2.51. The fraction of sp³-hybridized carbons (Fsp3) is 0.385. The van der Waals surface area contributed by atoms with Gasteiger partial charge < -0.3 is 14.3 Å². The molecule has 0 bridgehead atoms. The SMILES string of the molecule is Cc1ccn2c(C(=O)Nc3cc(-c4noc(CCC(C)(O[Si](C)(C)C)C(F)(F)F)n4)ccc3C)cnc2c1. The van der Waals surface area contributed by atoms with Gasteiger partial charge in [-0.1, -0.05) is 17.3 Å². The van der Waals surface area contributed by atoms with Gasteiger partial charge in [-0.2, -0.15) is 18.2 Å². The predicted molar refractivity (Wildman–Crippen MR) is 140 cm³/mol. The van der Waals surface area contributed by atoms with Crippen molar-refractivity contribution >= 4 is 25.6 Å². The minimum Gasteiger partial charge on any atom is -0.404 e. The molecular weight excluding hydrogens is 515 g/mol. The number of hydrogen-bond acceptors (Lipinski definition) is 6. The zero-order valence-corrected chi connectivity index (χ0v) is 23.1. The quantitative estimate of drug-likeness (QED) is 0.259. The summed E-state index contributed by atoms with van der Waals surface area (Å²) in [6.45, 7) is 9.99. The number of aryl methyl sites for hydroxylation is 3. The molecule has 1 amide bonds. The van der Waals surface area contributed by atoms with Crippen molar-refractivity contribution in [3.05, 3.63) is 65.4 Å². The summed E-state index contributed by atoms with van der Waals surface area (Å²) in [7, 11) is -2.48. The Kier molecular flexibility index (Phi) is 7.23. The highest BCUT2D eigenvalue weighted by Crippen LogP contribution is 2.39. The molecule has 0 aliphatic rings. The maximum absolute atomic E-state index is 13.8. The summed E-state index contributed by atoms with van der Waals surface area (Å²) in [5, 5.41) is 6.84. The van der Waals surface area contributed by atoms with Crippen molar-refractivity contribution in [3.8, 4) is 11.4 Å². The Morgan fingerprint density at radius 3 is 2.58 bits per heavy atom. The van der Waals surface area contributed by atoms with E-state index in [-0.39, 0.29) is 30.5 Å². The molecule has 1 aromatic carbocycles. The maximum Gasteiger partial charge on any atom is 0.416 e. The number of carbonyl (C=O) groups is 1. The molecule has 0 spiro atoms. The molecule has 0 radical (unpaired) electrons. The molecule has 3 heterocycles. The first-order chi connectivity index (χ1) is 17.6. The summed E-state index contributed by atoms with van der Waals surface area (Å²) in [6, 6.07) is 9.01.